The van der Waals surface area contributed by atoms with Crippen LogP contribution in [0.25, 0.3) is 6.08 Å². The lowest BCUT2D eigenvalue weighted by atomic mass is 10.1. The van der Waals surface area contributed by atoms with Gasteiger partial charge in [0.25, 0.3) is 0 Å². The Kier molecular flexibility index (Phi) is 6.20. The predicted octanol–water partition coefficient (Wildman–Crippen LogP) is 3.17. The van der Waals surface area contributed by atoms with E-state index in [0.29, 0.717) is 17.3 Å². The maximum absolute atomic E-state index is 11.9. The third-order valence-corrected chi connectivity index (χ3v) is 3.58. The molecule has 2 rings (SSSR count). The normalized spacial score (nSPS) is 10.7. The Morgan fingerprint density at radius 2 is 2.00 bits per heavy atom. The zero-order chi connectivity index (χ0) is 16.7. The minimum Gasteiger partial charge on any atom is -0.496 e. The summed E-state index contributed by atoms with van der Waals surface area (Å²) in [4.78, 5) is 11.9. The van der Waals surface area contributed by atoms with Crippen LogP contribution < -0.4 is 10.1 Å². The number of nitrogens with one attached hydrogen (secondary N) is 1. The molecular formula is C18H18ClNO3. The Balaban J connectivity index is 2.01. The van der Waals surface area contributed by atoms with E-state index in [1.54, 1.807) is 31.4 Å². The van der Waals surface area contributed by atoms with E-state index in [1.807, 2.05) is 24.3 Å². The number of aliphatic hydroxyl groups excluding tert-OH is 1. The topological polar surface area (TPSA) is 58.6 Å². The van der Waals surface area contributed by atoms with E-state index < -0.39 is 0 Å². The highest BCUT2D eigenvalue weighted by atomic mass is 35.5. The van der Waals surface area contributed by atoms with Crippen molar-refractivity contribution in [2.75, 3.05) is 7.11 Å². The fraction of sp³-hybridized carbons (Fsp3) is 0.167. The summed E-state index contributed by atoms with van der Waals surface area (Å²) < 4.78 is 5.22. The minimum atomic E-state index is -0.236. The van der Waals surface area contributed by atoms with Crippen LogP contribution in [0.1, 0.15) is 16.7 Å². The number of ether oxygens (including phenoxy) is 1. The van der Waals surface area contributed by atoms with Gasteiger partial charge in [-0.25, -0.2) is 0 Å². The molecule has 1 amide bonds. The summed E-state index contributed by atoms with van der Waals surface area (Å²) in [7, 11) is 1.56. The van der Waals surface area contributed by atoms with E-state index in [9.17, 15) is 9.90 Å². The highest BCUT2D eigenvalue weighted by Gasteiger charge is 2.04. The molecule has 0 aliphatic rings. The van der Waals surface area contributed by atoms with Gasteiger partial charge in [0, 0.05) is 23.2 Å². The number of benzene rings is 2. The number of carbonyl (C=O) groups excluding carboxylic acids is 1. The monoisotopic (exact) mass is 331 g/mol. The molecule has 0 atom stereocenters. The molecule has 0 bridgehead atoms. The number of rotatable bonds is 6. The number of halogens is 1. The molecule has 2 aromatic carbocycles. The van der Waals surface area contributed by atoms with E-state index in [4.69, 9.17) is 16.3 Å². The lowest BCUT2D eigenvalue weighted by molar-refractivity contribution is -0.116. The zero-order valence-corrected chi connectivity index (χ0v) is 13.5. The number of hydrogen-bond donors (Lipinski definition) is 2. The van der Waals surface area contributed by atoms with Crippen LogP contribution in [0.15, 0.2) is 48.5 Å². The highest BCUT2D eigenvalue weighted by Crippen LogP contribution is 2.23. The quantitative estimate of drug-likeness (QED) is 0.799. The van der Waals surface area contributed by atoms with Crippen molar-refractivity contribution < 1.29 is 14.6 Å². The molecule has 0 saturated carbocycles. The Bertz CT molecular complexity index is 713. The van der Waals surface area contributed by atoms with Crippen molar-refractivity contribution in [2.45, 2.75) is 13.2 Å². The van der Waals surface area contributed by atoms with Crippen molar-refractivity contribution in [1.29, 1.82) is 0 Å². The van der Waals surface area contributed by atoms with E-state index in [1.165, 1.54) is 6.08 Å². The summed E-state index contributed by atoms with van der Waals surface area (Å²) in [6.07, 6.45) is 3.08. The molecule has 0 unspecified atom stereocenters. The van der Waals surface area contributed by atoms with Crippen molar-refractivity contribution in [3.05, 3.63) is 70.3 Å². The SMILES string of the molecule is COc1ccc(Cl)cc1/C=C/C(=O)NCc1ccccc1CO. The van der Waals surface area contributed by atoms with Crippen molar-refractivity contribution in [2.24, 2.45) is 0 Å². The van der Waals surface area contributed by atoms with E-state index in [-0.39, 0.29) is 12.5 Å². The van der Waals surface area contributed by atoms with Crippen LogP contribution in [0.3, 0.4) is 0 Å². The van der Waals surface area contributed by atoms with Crippen molar-refractivity contribution >= 4 is 23.6 Å². The third kappa shape index (κ3) is 4.84. The first kappa shape index (κ1) is 17.1. The number of amides is 1. The number of methoxy groups -OCH3 is 1. The van der Waals surface area contributed by atoms with Gasteiger partial charge in [-0.05, 0) is 35.4 Å². The second-order valence-corrected chi connectivity index (χ2v) is 5.30. The molecule has 120 valence electrons. The fourth-order valence-electron chi connectivity index (χ4n) is 2.13. The van der Waals surface area contributed by atoms with Gasteiger partial charge in [-0.1, -0.05) is 35.9 Å². The van der Waals surface area contributed by atoms with Gasteiger partial charge in [-0.3, -0.25) is 4.79 Å². The number of hydrogen-bond acceptors (Lipinski definition) is 3. The van der Waals surface area contributed by atoms with Crippen LogP contribution in [0.4, 0.5) is 0 Å². The second-order valence-electron chi connectivity index (χ2n) is 4.86. The first-order valence-corrected chi connectivity index (χ1v) is 7.49. The fourth-order valence-corrected chi connectivity index (χ4v) is 2.31. The molecule has 0 saturated heterocycles. The first-order valence-electron chi connectivity index (χ1n) is 7.11. The van der Waals surface area contributed by atoms with Gasteiger partial charge in [-0.15, -0.1) is 0 Å². The Morgan fingerprint density at radius 1 is 1.26 bits per heavy atom. The Morgan fingerprint density at radius 3 is 2.70 bits per heavy atom. The van der Waals surface area contributed by atoms with Gasteiger partial charge in [0.1, 0.15) is 5.75 Å². The molecule has 2 N–H and O–H groups in total. The van der Waals surface area contributed by atoms with Crippen LogP contribution in [0.2, 0.25) is 5.02 Å². The first-order chi connectivity index (χ1) is 11.1. The summed E-state index contributed by atoms with van der Waals surface area (Å²) in [6, 6.07) is 12.6. The zero-order valence-electron chi connectivity index (χ0n) is 12.8. The average molecular weight is 332 g/mol. The van der Waals surface area contributed by atoms with Crippen LogP contribution in [-0.2, 0) is 17.9 Å². The van der Waals surface area contributed by atoms with Crippen LogP contribution in [0, 0.1) is 0 Å². The van der Waals surface area contributed by atoms with Crippen LogP contribution in [-0.4, -0.2) is 18.1 Å². The smallest absolute Gasteiger partial charge is 0.244 e. The molecule has 0 aliphatic carbocycles. The van der Waals surface area contributed by atoms with Gasteiger partial charge >= 0.3 is 0 Å². The molecule has 0 spiro atoms. The molecule has 0 heterocycles. The van der Waals surface area contributed by atoms with E-state index in [0.717, 1.165) is 16.7 Å². The van der Waals surface area contributed by atoms with Gasteiger partial charge in [0.05, 0.1) is 13.7 Å². The summed E-state index contributed by atoms with van der Waals surface area (Å²) in [5.41, 5.74) is 2.41. The standard InChI is InChI=1S/C18H18ClNO3/c1-23-17-8-7-16(19)10-13(17)6-9-18(22)20-11-14-4-2-3-5-15(14)12-21/h2-10,21H,11-12H2,1H3,(H,20,22)/b9-6+. The van der Waals surface area contributed by atoms with Gasteiger partial charge in [0.15, 0.2) is 0 Å². The predicted molar refractivity (Wildman–Crippen MR) is 91.2 cm³/mol. The average Bonchev–Trinajstić information content (AvgIpc) is 2.58. The maximum atomic E-state index is 11.9. The third-order valence-electron chi connectivity index (χ3n) is 3.35. The van der Waals surface area contributed by atoms with Gasteiger partial charge in [-0.2, -0.15) is 0 Å². The molecule has 0 aromatic heterocycles. The molecule has 23 heavy (non-hydrogen) atoms. The summed E-state index contributed by atoms with van der Waals surface area (Å²) in [5, 5.41) is 12.6. The molecule has 0 radical (unpaired) electrons. The second kappa shape index (κ2) is 8.36. The summed E-state index contributed by atoms with van der Waals surface area (Å²) >= 11 is 5.95. The Labute approximate surface area is 140 Å². The largest absolute Gasteiger partial charge is 0.496 e. The molecule has 0 fully saturated rings. The van der Waals surface area contributed by atoms with Crippen molar-refractivity contribution in [3.8, 4) is 5.75 Å². The van der Waals surface area contributed by atoms with E-state index in [2.05, 4.69) is 5.32 Å². The number of aliphatic hydroxyl groups is 1. The molecule has 2 aromatic rings. The molecule has 0 aliphatic heterocycles. The lowest BCUT2D eigenvalue weighted by Crippen LogP contribution is -2.21. The molecule has 5 heteroatoms. The van der Waals surface area contributed by atoms with Gasteiger partial charge in [0.2, 0.25) is 5.91 Å². The van der Waals surface area contributed by atoms with Gasteiger partial charge < -0.3 is 15.2 Å². The van der Waals surface area contributed by atoms with Crippen LogP contribution in [0.5, 0.6) is 5.75 Å². The van der Waals surface area contributed by atoms with Crippen molar-refractivity contribution in [3.63, 3.8) is 0 Å². The molecular weight excluding hydrogens is 314 g/mol. The minimum absolute atomic E-state index is 0.0540. The lowest BCUT2D eigenvalue weighted by Gasteiger charge is -2.08. The Hall–Kier alpha value is -2.30. The number of carbonyl (C=O) groups is 1. The highest BCUT2D eigenvalue weighted by molar-refractivity contribution is 6.30. The van der Waals surface area contributed by atoms with Crippen molar-refractivity contribution in [1.82, 2.24) is 5.32 Å². The van der Waals surface area contributed by atoms with E-state index >= 15 is 0 Å². The summed E-state index contributed by atoms with van der Waals surface area (Å²) in [6.45, 7) is 0.300. The summed E-state index contributed by atoms with van der Waals surface area (Å²) in [5.74, 6) is 0.406. The maximum Gasteiger partial charge on any atom is 0.244 e. The molecule has 4 nitrogen and oxygen atoms in total. The van der Waals surface area contributed by atoms with Crippen LogP contribution >= 0.6 is 11.6 Å².